The van der Waals surface area contributed by atoms with Gasteiger partial charge in [-0.15, -0.1) is 0 Å². The average molecular weight is 300 g/mol. The molecule has 0 bridgehead atoms. The molecule has 1 unspecified atom stereocenters. The summed E-state index contributed by atoms with van der Waals surface area (Å²) in [6, 6.07) is 0.730. The first kappa shape index (κ1) is 18.4. The van der Waals surface area contributed by atoms with E-state index in [1.807, 2.05) is 6.92 Å². The van der Waals surface area contributed by atoms with E-state index in [0.717, 1.165) is 51.5 Å². The molecule has 0 spiro atoms. The predicted molar refractivity (Wildman–Crippen MR) is 84.4 cm³/mol. The van der Waals surface area contributed by atoms with Crippen LogP contribution in [-0.2, 0) is 14.3 Å². The van der Waals surface area contributed by atoms with Crippen molar-refractivity contribution < 1.29 is 14.3 Å². The zero-order valence-corrected chi connectivity index (χ0v) is 14.1. The molecule has 0 aliphatic heterocycles. The Balaban J connectivity index is 2.41. The number of esters is 1. The van der Waals surface area contributed by atoms with Gasteiger partial charge in [-0.3, -0.25) is 9.69 Å². The molecule has 1 aliphatic carbocycles. The lowest BCUT2D eigenvalue weighted by atomic mass is 9.95. The molecule has 0 aromatic rings. The lowest BCUT2D eigenvalue weighted by molar-refractivity contribution is -0.148. The molecule has 0 aromatic heterocycles. The maximum atomic E-state index is 12.0. The molecule has 21 heavy (non-hydrogen) atoms. The third-order valence-corrected chi connectivity index (χ3v) is 4.17. The van der Waals surface area contributed by atoms with Gasteiger partial charge in [0.25, 0.3) is 0 Å². The number of hydrogen-bond donors (Lipinski definition) is 1. The highest BCUT2D eigenvalue weighted by Crippen LogP contribution is 2.27. The Morgan fingerprint density at radius 2 is 2.05 bits per heavy atom. The van der Waals surface area contributed by atoms with Gasteiger partial charge >= 0.3 is 5.97 Å². The van der Waals surface area contributed by atoms with Gasteiger partial charge in [0.1, 0.15) is 5.54 Å². The van der Waals surface area contributed by atoms with E-state index in [-0.39, 0.29) is 5.97 Å². The minimum Gasteiger partial charge on any atom is -0.468 e. The van der Waals surface area contributed by atoms with Crippen LogP contribution in [0.15, 0.2) is 0 Å². The number of carbonyl (C=O) groups excluding carboxylic acids is 1. The van der Waals surface area contributed by atoms with Crippen LogP contribution < -0.4 is 5.32 Å². The van der Waals surface area contributed by atoms with Crippen LogP contribution in [0.4, 0.5) is 0 Å². The summed E-state index contributed by atoms with van der Waals surface area (Å²) in [5.74, 6) is -0.161. The largest absolute Gasteiger partial charge is 0.468 e. The van der Waals surface area contributed by atoms with Crippen molar-refractivity contribution in [3.05, 3.63) is 0 Å². The number of ether oxygens (including phenoxy) is 2. The standard InChI is InChI=1S/C16H32N2O3/c1-5-10-17-16(2,15(19)21-4)9-6-11-18(12-13-20-3)14-7-8-14/h14,17H,5-13H2,1-4H3. The highest BCUT2D eigenvalue weighted by molar-refractivity contribution is 5.80. The van der Waals surface area contributed by atoms with Crippen molar-refractivity contribution in [2.75, 3.05) is 40.5 Å². The van der Waals surface area contributed by atoms with Gasteiger partial charge in [-0.2, -0.15) is 0 Å². The van der Waals surface area contributed by atoms with Gasteiger partial charge in [-0.1, -0.05) is 6.92 Å². The van der Waals surface area contributed by atoms with Gasteiger partial charge in [0.15, 0.2) is 0 Å². The van der Waals surface area contributed by atoms with E-state index in [0.29, 0.717) is 0 Å². The van der Waals surface area contributed by atoms with Crippen LogP contribution in [0.2, 0.25) is 0 Å². The lowest BCUT2D eigenvalue weighted by Crippen LogP contribution is -2.50. The summed E-state index contributed by atoms with van der Waals surface area (Å²) < 4.78 is 10.1. The maximum Gasteiger partial charge on any atom is 0.325 e. The van der Waals surface area contributed by atoms with E-state index in [1.165, 1.54) is 20.0 Å². The van der Waals surface area contributed by atoms with Crippen LogP contribution in [0.5, 0.6) is 0 Å². The van der Waals surface area contributed by atoms with E-state index in [4.69, 9.17) is 9.47 Å². The quantitative estimate of drug-likeness (QED) is 0.557. The molecule has 1 N–H and O–H groups in total. The molecule has 0 amide bonds. The average Bonchev–Trinajstić information content (AvgIpc) is 3.32. The Hall–Kier alpha value is -0.650. The molecule has 0 saturated heterocycles. The molecule has 1 rings (SSSR count). The Kier molecular flexibility index (Phi) is 8.22. The summed E-state index contributed by atoms with van der Waals surface area (Å²) in [5.41, 5.74) is -0.568. The fraction of sp³-hybridized carbons (Fsp3) is 0.938. The fourth-order valence-electron chi connectivity index (χ4n) is 2.65. The van der Waals surface area contributed by atoms with Crippen molar-refractivity contribution in [2.45, 2.75) is 57.5 Å². The normalized spacial score (nSPS) is 17.8. The summed E-state index contributed by atoms with van der Waals surface area (Å²) in [4.78, 5) is 14.5. The van der Waals surface area contributed by atoms with Crippen molar-refractivity contribution in [3.8, 4) is 0 Å². The van der Waals surface area contributed by atoms with E-state index < -0.39 is 5.54 Å². The van der Waals surface area contributed by atoms with E-state index in [2.05, 4.69) is 17.1 Å². The smallest absolute Gasteiger partial charge is 0.325 e. The fourth-order valence-corrected chi connectivity index (χ4v) is 2.65. The van der Waals surface area contributed by atoms with E-state index in [1.54, 1.807) is 7.11 Å². The monoisotopic (exact) mass is 300 g/mol. The first-order valence-electron chi connectivity index (χ1n) is 8.13. The van der Waals surface area contributed by atoms with Crippen molar-refractivity contribution in [3.63, 3.8) is 0 Å². The minimum absolute atomic E-state index is 0.161. The predicted octanol–water partition coefficient (Wildman–Crippen LogP) is 1.81. The maximum absolute atomic E-state index is 12.0. The lowest BCUT2D eigenvalue weighted by Gasteiger charge is -2.29. The molecule has 1 saturated carbocycles. The van der Waals surface area contributed by atoms with Crippen LogP contribution >= 0.6 is 0 Å². The van der Waals surface area contributed by atoms with Crippen LogP contribution in [0.3, 0.4) is 0 Å². The first-order valence-corrected chi connectivity index (χ1v) is 8.13. The molecule has 124 valence electrons. The summed E-state index contributed by atoms with van der Waals surface area (Å²) in [6.45, 7) is 7.67. The molecule has 0 heterocycles. The van der Waals surface area contributed by atoms with Gasteiger partial charge in [-0.05, 0) is 52.1 Å². The molecule has 0 radical (unpaired) electrons. The number of hydrogen-bond acceptors (Lipinski definition) is 5. The van der Waals surface area contributed by atoms with Crippen molar-refractivity contribution >= 4 is 5.97 Å². The molecular weight excluding hydrogens is 268 g/mol. The number of methoxy groups -OCH3 is 2. The number of nitrogens with one attached hydrogen (secondary N) is 1. The molecule has 1 aliphatic rings. The topological polar surface area (TPSA) is 50.8 Å². The second-order valence-electron chi connectivity index (χ2n) is 6.11. The molecule has 5 nitrogen and oxygen atoms in total. The Morgan fingerprint density at radius 3 is 2.57 bits per heavy atom. The second kappa shape index (κ2) is 9.38. The Bertz CT molecular complexity index is 308. The SMILES string of the molecule is CCCNC(C)(CCCN(CCOC)C1CC1)C(=O)OC. The minimum atomic E-state index is -0.568. The van der Waals surface area contributed by atoms with Crippen LogP contribution in [-0.4, -0.2) is 62.9 Å². The molecular formula is C16H32N2O3. The zero-order chi connectivity index (χ0) is 15.7. The molecule has 0 aromatic carbocycles. The number of rotatable bonds is 12. The summed E-state index contributed by atoms with van der Waals surface area (Å²) in [5, 5.41) is 3.34. The van der Waals surface area contributed by atoms with Crippen molar-refractivity contribution in [1.29, 1.82) is 0 Å². The van der Waals surface area contributed by atoms with Crippen LogP contribution in [0.25, 0.3) is 0 Å². The Morgan fingerprint density at radius 1 is 1.33 bits per heavy atom. The Labute approximate surface area is 129 Å². The van der Waals surface area contributed by atoms with Crippen LogP contribution in [0, 0.1) is 0 Å². The third kappa shape index (κ3) is 6.32. The summed E-state index contributed by atoms with van der Waals surface area (Å²) in [6.07, 6.45) is 5.39. The first-order chi connectivity index (χ1) is 10.1. The van der Waals surface area contributed by atoms with Gasteiger partial charge in [-0.25, -0.2) is 0 Å². The third-order valence-electron chi connectivity index (χ3n) is 4.17. The highest BCUT2D eigenvalue weighted by Gasteiger charge is 2.34. The van der Waals surface area contributed by atoms with E-state index >= 15 is 0 Å². The summed E-state index contributed by atoms with van der Waals surface area (Å²) in [7, 11) is 3.21. The highest BCUT2D eigenvalue weighted by atomic mass is 16.5. The number of nitrogens with zero attached hydrogens (tertiary/aromatic N) is 1. The van der Waals surface area contributed by atoms with Crippen LogP contribution in [0.1, 0.15) is 46.0 Å². The number of carbonyl (C=O) groups is 1. The van der Waals surface area contributed by atoms with E-state index in [9.17, 15) is 4.79 Å². The van der Waals surface area contributed by atoms with Gasteiger partial charge in [0, 0.05) is 19.7 Å². The zero-order valence-electron chi connectivity index (χ0n) is 14.1. The second-order valence-corrected chi connectivity index (χ2v) is 6.11. The van der Waals surface area contributed by atoms with Crippen molar-refractivity contribution in [1.82, 2.24) is 10.2 Å². The van der Waals surface area contributed by atoms with Gasteiger partial charge in [0.05, 0.1) is 13.7 Å². The molecule has 1 fully saturated rings. The van der Waals surface area contributed by atoms with Gasteiger partial charge in [0.2, 0.25) is 0 Å². The van der Waals surface area contributed by atoms with Gasteiger partial charge < -0.3 is 14.8 Å². The summed E-state index contributed by atoms with van der Waals surface area (Å²) >= 11 is 0. The van der Waals surface area contributed by atoms with Crippen molar-refractivity contribution in [2.24, 2.45) is 0 Å². The molecule has 5 heteroatoms. The molecule has 1 atom stereocenters.